The van der Waals surface area contributed by atoms with E-state index in [0.717, 1.165) is 22.5 Å². The molecule has 0 unspecified atom stereocenters. The quantitative estimate of drug-likeness (QED) is 0.453. The number of aliphatic imine (C=N–C) groups is 1. The molecule has 4 rings (SSSR count). The summed E-state index contributed by atoms with van der Waals surface area (Å²) in [6, 6.07) is 15.3. The van der Waals surface area contributed by atoms with Crippen molar-refractivity contribution < 1.29 is 4.79 Å². The summed E-state index contributed by atoms with van der Waals surface area (Å²) in [6.45, 7) is 2.62. The molecule has 0 spiro atoms. The maximum atomic E-state index is 12.9. The van der Waals surface area contributed by atoms with E-state index in [0.29, 0.717) is 23.4 Å². The van der Waals surface area contributed by atoms with Crippen LogP contribution in [0.15, 0.2) is 59.7 Å². The standard InChI is InChI=1S/C20H17N3O/c1-13-10-14(6-7-17(13)21)20(24)16-8-9-23-12-15-4-2-3-5-18(15)22-11-19(16)23/h2-11H,12,21H2,1H3. The Labute approximate surface area is 140 Å². The number of benzene rings is 2. The van der Waals surface area contributed by atoms with Gasteiger partial charge in [0.05, 0.1) is 17.6 Å². The van der Waals surface area contributed by atoms with Gasteiger partial charge in [-0.3, -0.25) is 9.79 Å². The van der Waals surface area contributed by atoms with Gasteiger partial charge in [-0.1, -0.05) is 18.2 Å². The first-order valence-electron chi connectivity index (χ1n) is 7.85. The molecule has 0 radical (unpaired) electrons. The highest BCUT2D eigenvalue weighted by molar-refractivity contribution is 6.13. The van der Waals surface area contributed by atoms with E-state index in [-0.39, 0.29) is 5.78 Å². The third kappa shape index (κ3) is 2.33. The number of carbonyl (C=O) groups excluding carboxylic acids is 1. The SMILES string of the molecule is Cc1cc(C(=O)c2ccn3c2C=Nc2ccccc2C3)ccc1N. The number of aromatic nitrogens is 1. The molecule has 0 saturated heterocycles. The van der Waals surface area contributed by atoms with Crippen LogP contribution in [0.3, 0.4) is 0 Å². The van der Waals surface area contributed by atoms with Crippen molar-refractivity contribution in [1.29, 1.82) is 0 Å². The lowest BCUT2D eigenvalue weighted by Gasteiger charge is -2.07. The molecule has 4 heteroatoms. The number of nitrogens with zero attached hydrogens (tertiary/aromatic N) is 2. The van der Waals surface area contributed by atoms with E-state index >= 15 is 0 Å². The van der Waals surface area contributed by atoms with E-state index in [1.807, 2.05) is 43.5 Å². The Hall–Kier alpha value is -3.14. The molecule has 2 heterocycles. The number of nitrogens with two attached hydrogens (primary N) is 1. The third-order valence-corrected chi connectivity index (χ3v) is 4.44. The molecule has 2 aromatic carbocycles. The largest absolute Gasteiger partial charge is 0.399 e. The lowest BCUT2D eigenvalue weighted by molar-refractivity contribution is 0.103. The van der Waals surface area contributed by atoms with Gasteiger partial charge in [0.25, 0.3) is 0 Å². The molecule has 0 fully saturated rings. The second-order valence-electron chi connectivity index (χ2n) is 6.03. The highest BCUT2D eigenvalue weighted by Gasteiger charge is 2.19. The van der Waals surface area contributed by atoms with Crippen molar-refractivity contribution in [1.82, 2.24) is 4.57 Å². The molecule has 0 aliphatic carbocycles. The lowest BCUT2D eigenvalue weighted by atomic mass is 10.0. The van der Waals surface area contributed by atoms with Crippen molar-refractivity contribution in [2.24, 2.45) is 4.99 Å². The first kappa shape index (κ1) is 14.5. The fourth-order valence-electron chi connectivity index (χ4n) is 3.02. The first-order chi connectivity index (χ1) is 11.6. The minimum atomic E-state index is -0.00995. The average molecular weight is 315 g/mol. The van der Waals surface area contributed by atoms with Crippen LogP contribution >= 0.6 is 0 Å². The summed E-state index contributed by atoms with van der Waals surface area (Å²) in [5.74, 6) is -0.00995. The Bertz CT molecular complexity index is 982. The van der Waals surface area contributed by atoms with Crippen LogP contribution < -0.4 is 5.73 Å². The van der Waals surface area contributed by atoms with Crippen molar-refractivity contribution in [2.75, 3.05) is 5.73 Å². The fourth-order valence-corrected chi connectivity index (χ4v) is 3.02. The first-order valence-corrected chi connectivity index (χ1v) is 7.85. The monoisotopic (exact) mass is 315 g/mol. The van der Waals surface area contributed by atoms with Crippen LogP contribution in [0.2, 0.25) is 0 Å². The van der Waals surface area contributed by atoms with Crippen LogP contribution in [-0.4, -0.2) is 16.6 Å². The van der Waals surface area contributed by atoms with Crippen LogP contribution in [0.5, 0.6) is 0 Å². The predicted molar refractivity (Wildman–Crippen MR) is 96.3 cm³/mol. The molecule has 4 nitrogen and oxygen atoms in total. The maximum absolute atomic E-state index is 12.9. The number of hydrogen-bond acceptors (Lipinski definition) is 3. The third-order valence-electron chi connectivity index (χ3n) is 4.44. The molecular formula is C20H17N3O. The molecule has 118 valence electrons. The molecule has 0 saturated carbocycles. The van der Waals surface area contributed by atoms with Gasteiger partial charge in [-0.2, -0.15) is 0 Å². The Balaban J connectivity index is 1.76. The molecule has 0 amide bonds. The molecule has 1 aromatic heterocycles. The highest BCUT2D eigenvalue weighted by Crippen LogP contribution is 2.26. The van der Waals surface area contributed by atoms with Crippen LogP contribution in [-0.2, 0) is 6.54 Å². The molecule has 1 aliphatic rings. The number of rotatable bonds is 2. The number of carbonyl (C=O) groups is 1. The van der Waals surface area contributed by atoms with Gasteiger partial charge >= 0.3 is 0 Å². The molecule has 24 heavy (non-hydrogen) atoms. The Morgan fingerprint density at radius 1 is 1.17 bits per heavy atom. The number of hydrogen-bond donors (Lipinski definition) is 1. The van der Waals surface area contributed by atoms with Crippen LogP contribution in [0.4, 0.5) is 11.4 Å². The van der Waals surface area contributed by atoms with Crippen molar-refractivity contribution in [2.45, 2.75) is 13.5 Å². The molecule has 0 atom stereocenters. The summed E-state index contributed by atoms with van der Waals surface area (Å²) < 4.78 is 2.06. The minimum Gasteiger partial charge on any atom is -0.399 e. The van der Waals surface area contributed by atoms with E-state index in [1.165, 1.54) is 0 Å². The van der Waals surface area contributed by atoms with E-state index in [4.69, 9.17) is 5.73 Å². The van der Waals surface area contributed by atoms with E-state index < -0.39 is 0 Å². The zero-order valence-corrected chi connectivity index (χ0v) is 13.4. The van der Waals surface area contributed by atoms with Crippen LogP contribution in [0.25, 0.3) is 0 Å². The van der Waals surface area contributed by atoms with Gasteiger partial charge in [-0.05, 0) is 48.4 Å². The van der Waals surface area contributed by atoms with Crippen molar-refractivity contribution >= 4 is 23.4 Å². The van der Waals surface area contributed by atoms with Gasteiger partial charge in [0.1, 0.15) is 0 Å². The minimum absolute atomic E-state index is 0.00995. The number of anilines is 1. The maximum Gasteiger partial charge on any atom is 0.195 e. The normalized spacial score (nSPS) is 12.4. The summed E-state index contributed by atoms with van der Waals surface area (Å²) in [6.07, 6.45) is 3.73. The van der Waals surface area contributed by atoms with Gasteiger partial charge < -0.3 is 10.3 Å². The van der Waals surface area contributed by atoms with E-state index in [9.17, 15) is 4.79 Å². The number of ketones is 1. The molecule has 3 aromatic rings. The topological polar surface area (TPSA) is 60.4 Å². The van der Waals surface area contributed by atoms with Crippen LogP contribution in [0.1, 0.15) is 32.7 Å². The second-order valence-corrected chi connectivity index (χ2v) is 6.03. The number of para-hydroxylation sites is 1. The predicted octanol–water partition coefficient (Wildman–Crippen LogP) is 3.72. The zero-order valence-electron chi connectivity index (χ0n) is 13.4. The molecule has 2 N–H and O–H groups in total. The molecule has 0 bridgehead atoms. The van der Waals surface area contributed by atoms with Crippen molar-refractivity contribution in [3.05, 3.63) is 82.7 Å². The fraction of sp³-hybridized carbons (Fsp3) is 0.100. The van der Waals surface area contributed by atoms with Gasteiger partial charge in [-0.15, -0.1) is 0 Å². The summed E-state index contributed by atoms with van der Waals surface area (Å²) in [5, 5.41) is 0. The van der Waals surface area contributed by atoms with Gasteiger partial charge in [0.2, 0.25) is 0 Å². The average Bonchev–Trinajstić information content (AvgIpc) is 2.89. The molecular weight excluding hydrogens is 298 g/mol. The Morgan fingerprint density at radius 3 is 2.83 bits per heavy atom. The number of aryl methyl sites for hydroxylation is 1. The number of fused-ring (bicyclic) bond motifs is 2. The second kappa shape index (κ2) is 5.49. The smallest absolute Gasteiger partial charge is 0.195 e. The van der Waals surface area contributed by atoms with Gasteiger partial charge in [0, 0.05) is 29.6 Å². The lowest BCUT2D eigenvalue weighted by Crippen LogP contribution is -2.08. The van der Waals surface area contributed by atoms with Gasteiger partial charge in [-0.25, -0.2) is 0 Å². The Morgan fingerprint density at radius 2 is 2.00 bits per heavy atom. The van der Waals surface area contributed by atoms with E-state index in [2.05, 4.69) is 15.6 Å². The zero-order chi connectivity index (χ0) is 16.7. The van der Waals surface area contributed by atoms with Crippen molar-refractivity contribution in [3.8, 4) is 0 Å². The summed E-state index contributed by atoms with van der Waals surface area (Å²) in [5.41, 5.74) is 11.7. The highest BCUT2D eigenvalue weighted by atomic mass is 16.1. The summed E-state index contributed by atoms with van der Waals surface area (Å²) >= 11 is 0. The number of nitrogen functional groups attached to an aromatic ring is 1. The Kier molecular flexibility index (Phi) is 3.31. The summed E-state index contributed by atoms with van der Waals surface area (Å²) in [7, 11) is 0. The van der Waals surface area contributed by atoms with Crippen LogP contribution in [0, 0.1) is 6.92 Å². The molecule has 1 aliphatic heterocycles. The van der Waals surface area contributed by atoms with E-state index in [1.54, 1.807) is 18.3 Å². The van der Waals surface area contributed by atoms with Gasteiger partial charge in [0.15, 0.2) is 5.78 Å². The summed E-state index contributed by atoms with van der Waals surface area (Å²) in [4.78, 5) is 17.5. The van der Waals surface area contributed by atoms with Crippen molar-refractivity contribution in [3.63, 3.8) is 0 Å².